The largest absolute Gasteiger partial charge is 0.505 e. The minimum Gasteiger partial charge on any atom is -0.505 e. The molecule has 0 aliphatic rings. The van der Waals surface area contributed by atoms with Crippen LogP contribution in [0.3, 0.4) is 0 Å². The van der Waals surface area contributed by atoms with E-state index < -0.39 is 44.6 Å². The normalized spacial score (nSPS) is 11.4. The lowest BCUT2D eigenvalue weighted by atomic mass is 10.0. The first-order valence-electron chi connectivity index (χ1n) is 7.92. The van der Waals surface area contributed by atoms with Gasteiger partial charge in [0.15, 0.2) is 5.75 Å². The topological polar surface area (TPSA) is 86.6 Å². The molecule has 0 atom stereocenters. The third-order valence-corrected chi connectivity index (χ3v) is 5.61. The predicted molar refractivity (Wildman–Crippen MR) is 102 cm³/mol. The third-order valence-electron chi connectivity index (χ3n) is 3.95. The lowest BCUT2D eigenvalue weighted by Crippen LogP contribution is -2.15. The van der Waals surface area contributed by atoms with Crippen molar-refractivity contribution in [3.8, 4) is 16.9 Å². The van der Waals surface area contributed by atoms with Gasteiger partial charge in [0, 0.05) is 11.6 Å². The maximum Gasteiger partial charge on any atom is 0.265 e. The first kappa shape index (κ1) is 20.1. The van der Waals surface area contributed by atoms with Crippen LogP contribution < -0.4 is 4.72 Å². The molecule has 9 heteroatoms. The zero-order valence-corrected chi connectivity index (χ0v) is 15.7. The molecule has 0 aromatic heterocycles. The van der Waals surface area contributed by atoms with Gasteiger partial charge in [-0.05, 0) is 29.3 Å². The fraction of sp³-hybridized carbons (Fsp3) is 0.0526. The number of halogens is 3. The maximum atomic E-state index is 14.2. The minimum atomic E-state index is -4.49. The molecule has 28 heavy (non-hydrogen) atoms. The molecule has 5 nitrogen and oxygen atoms in total. The summed E-state index contributed by atoms with van der Waals surface area (Å²) in [6, 6.07) is 12.0. The number of benzene rings is 3. The Morgan fingerprint density at radius 3 is 2.32 bits per heavy atom. The second-order valence-corrected chi connectivity index (χ2v) is 7.92. The number of aromatic hydroxyl groups is 1. The van der Waals surface area contributed by atoms with Gasteiger partial charge in [-0.2, -0.15) is 0 Å². The zero-order valence-electron chi connectivity index (χ0n) is 14.2. The lowest BCUT2D eigenvalue weighted by Gasteiger charge is -2.14. The molecule has 3 rings (SSSR count). The number of aliphatic hydroxyl groups is 1. The highest BCUT2D eigenvalue weighted by Crippen LogP contribution is 2.35. The van der Waals surface area contributed by atoms with Crippen molar-refractivity contribution in [2.75, 3.05) is 4.72 Å². The minimum absolute atomic E-state index is 0.00827. The molecule has 0 amide bonds. The van der Waals surface area contributed by atoms with Crippen molar-refractivity contribution in [2.45, 2.75) is 11.5 Å². The van der Waals surface area contributed by atoms with E-state index in [1.54, 1.807) is 30.3 Å². The van der Waals surface area contributed by atoms with Gasteiger partial charge in [0.05, 0.1) is 17.3 Å². The van der Waals surface area contributed by atoms with E-state index in [1.165, 1.54) is 6.07 Å². The monoisotopic (exact) mass is 425 g/mol. The summed E-state index contributed by atoms with van der Waals surface area (Å²) in [6.07, 6.45) is 0. The Morgan fingerprint density at radius 2 is 1.68 bits per heavy atom. The number of nitrogens with one attached hydrogen (secondary N) is 1. The SMILES string of the molecule is O=S(=O)(Nc1cc(-c2ccccc2)c(F)cc1F)c1cc(CO)cc(Cl)c1O. The van der Waals surface area contributed by atoms with Crippen LogP contribution in [0, 0.1) is 11.6 Å². The Labute approximate surface area is 164 Å². The Balaban J connectivity index is 2.08. The summed E-state index contributed by atoms with van der Waals surface area (Å²) in [5.74, 6) is -2.75. The van der Waals surface area contributed by atoms with Crippen molar-refractivity contribution < 1.29 is 27.4 Å². The van der Waals surface area contributed by atoms with Crippen LogP contribution in [0.15, 0.2) is 59.5 Å². The van der Waals surface area contributed by atoms with Crippen LogP contribution in [-0.4, -0.2) is 18.6 Å². The molecule has 0 aliphatic heterocycles. The first-order chi connectivity index (χ1) is 13.2. The van der Waals surface area contributed by atoms with Crippen LogP contribution in [0.25, 0.3) is 11.1 Å². The quantitative estimate of drug-likeness (QED) is 0.569. The van der Waals surface area contributed by atoms with Gasteiger partial charge in [0.2, 0.25) is 0 Å². The van der Waals surface area contributed by atoms with Crippen LogP contribution in [0.4, 0.5) is 14.5 Å². The summed E-state index contributed by atoms with van der Waals surface area (Å²) in [5, 5.41) is 18.9. The van der Waals surface area contributed by atoms with Crippen molar-refractivity contribution >= 4 is 27.3 Å². The fourth-order valence-electron chi connectivity index (χ4n) is 2.59. The zero-order chi connectivity index (χ0) is 20.5. The molecule has 0 bridgehead atoms. The van der Waals surface area contributed by atoms with E-state index in [9.17, 15) is 27.4 Å². The molecule has 0 radical (unpaired) electrons. The van der Waals surface area contributed by atoms with E-state index in [2.05, 4.69) is 0 Å². The average molecular weight is 426 g/mol. The molecule has 0 fully saturated rings. The van der Waals surface area contributed by atoms with Crippen molar-refractivity contribution in [1.29, 1.82) is 0 Å². The molecule has 0 heterocycles. The molecule has 0 spiro atoms. The molecule has 3 N–H and O–H groups in total. The number of hydrogen-bond donors (Lipinski definition) is 3. The van der Waals surface area contributed by atoms with E-state index in [-0.39, 0.29) is 16.1 Å². The van der Waals surface area contributed by atoms with Gasteiger partial charge in [0.1, 0.15) is 16.5 Å². The van der Waals surface area contributed by atoms with Crippen LogP contribution in [0.1, 0.15) is 5.56 Å². The number of sulfonamides is 1. The molecule has 3 aromatic rings. The van der Waals surface area contributed by atoms with Gasteiger partial charge in [-0.1, -0.05) is 41.9 Å². The number of rotatable bonds is 5. The second-order valence-electron chi connectivity index (χ2n) is 5.87. The molecule has 0 unspecified atom stereocenters. The maximum absolute atomic E-state index is 14.2. The standard InChI is InChI=1S/C19H14ClF2NO4S/c20-14-6-11(10-24)7-18(19(14)25)28(26,27)23-17-8-13(15(21)9-16(17)22)12-4-2-1-3-5-12/h1-9,23-25H,10H2. The van der Waals surface area contributed by atoms with Gasteiger partial charge >= 0.3 is 0 Å². The van der Waals surface area contributed by atoms with Gasteiger partial charge in [0.25, 0.3) is 10.0 Å². The Hall–Kier alpha value is -2.68. The highest BCUT2D eigenvalue weighted by molar-refractivity contribution is 7.92. The van der Waals surface area contributed by atoms with E-state index >= 15 is 0 Å². The highest BCUT2D eigenvalue weighted by Gasteiger charge is 2.24. The summed E-state index contributed by atoms with van der Waals surface area (Å²) < 4.78 is 55.7. The highest BCUT2D eigenvalue weighted by atomic mass is 35.5. The van der Waals surface area contributed by atoms with Gasteiger partial charge in [-0.3, -0.25) is 4.72 Å². The van der Waals surface area contributed by atoms with Crippen molar-refractivity contribution in [1.82, 2.24) is 0 Å². The average Bonchev–Trinajstić information content (AvgIpc) is 2.66. The van der Waals surface area contributed by atoms with Crippen molar-refractivity contribution in [3.05, 3.63) is 76.8 Å². The first-order valence-corrected chi connectivity index (χ1v) is 9.78. The molecule has 0 saturated carbocycles. The Morgan fingerprint density at radius 1 is 1.00 bits per heavy atom. The van der Waals surface area contributed by atoms with Gasteiger partial charge < -0.3 is 10.2 Å². The molecule has 0 aliphatic carbocycles. The number of phenols is 1. The van der Waals surface area contributed by atoms with Crippen molar-refractivity contribution in [3.63, 3.8) is 0 Å². The fourth-order valence-corrected chi connectivity index (χ4v) is 4.11. The number of anilines is 1. The van der Waals surface area contributed by atoms with Crippen molar-refractivity contribution in [2.24, 2.45) is 0 Å². The number of aliphatic hydroxyl groups excluding tert-OH is 1. The molecular formula is C19H14ClF2NO4S. The summed E-state index contributed by atoms with van der Waals surface area (Å²) >= 11 is 5.79. The molecular weight excluding hydrogens is 412 g/mol. The van der Waals surface area contributed by atoms with Crippen LogP contribution in [0.2, 0.25) is 5.02 Å². The van der Waals surface area contributed by atoms with Crippen LogP contribution >= 0.6 is 11.6 Å². The van der Waals surface area contributed by atoms with Gasteiger partial charge in [-0.15, -0.1) is 0 Å². The summed E-state index contributed by atoms with van der Waals surface area (Å²) in [7, 11) is -4.49. The summed E-state index contributed by atoms with van der Waals surface area (Å²) in [6.45, 7) is -0.522. The van der Waals surface area contributed by atoms with Crippen LogP contribution in [0.5, 0.6) is 5.75 Å². The third kappa shape index (κ3) is 3.94. The molecule has 0 saturated heterocycles. The molecule has 146 valence electrons. The number of phenolic OH excluding ortho intramolecular Hbond substituents is 1. The van der Waals surface area contributed by atoms with E-state index in [1.807, 2.05) is 4.72 Å². The van der Waals surface area contributed by atoms with E-state index in [4.69, 9.17) is 11.6 Å². The van der Waals surface area contributed by atoms with E-state index in [0.717, 1.165) is 12.1 Å². The summed E-state index contributed by atoms with van der Waals surface area (Å²) in [4.78, 5) is -0.644. The Bertz CT molecular complexity index is 1140. The van der Waals surface area contributed by atoms with E-state index in [0.29, 0.717) is 11.6 Å². The Kier molecular flexibility index (Phi) is 5.55. The van der Waals surface area contributed by atoms with Gasteiger partial charge in [-0.25, -0.2) is 17.2 Å². The second kappa shape index (κ2) is 7.75. The summed E-state index contributed by atoms with van der Waals surface area (Å²) in [5.41, 5.74) is 0.0394. The number of hydrogen-bond acceptors (Lipinski definition) is 4. The smallest absolute Gasteiger partial charge is 0.265 e. The lowest BCUT2D eigenvalue weighted by molar-refractivity contribution is 0.281. The van der Waals surface area contributed by atoms with Crippen LogP contribution in [-0.2, 0) is 16.6 Å². The molecule has 3 aromatic carbocycles. The predicted octanol–water partition coefficient (Wildman–Crippen LogP) is 4.28.